The summed E-state index contributed by atoms with van der Waals surface area (Å²) in [6, 6.07) is 12.2. The quantitative estimate of drug-likeness (QED) is 0.658. The van der Waals surface area contributed by atoms with Gasteiger partial charge < -0.3 is 4.74 Å². The number of carbonyl (C=O) groups is 1. The number of sulfonamides is 1. The molecule has 0 N–H and O–H groups in total. The second kappa shape index (κ2) is 9.42. The summed E-state index contributed by atoms with van der Waals surface area (Å²) >= 11 is 1.51. The molecule has 1 unspecified atom stereocenters. The fourth-order valence-corrected chi connectivity index (χ4v) is 5.18. The van der Waals surface area contributed by atoms with Crippen LogP contribution in [0.5, 0.6) is 5.75 Å². The molecule has 1 aliphatic heterocycles. The van der Waals surface area contributed by atoms with Crippen LogP contribution in [0.1, 0.15) is 18.1 Å². The van der Waals surface area contributed by atoms with E-state index in [0.717, 1.165) is 21.2 Å². The Labute approximate surface area is 188 Å². The summed E-state index contributed by atoms with van der Waals surface area (Å²) in [4.78, 5) is 19.5. The van der Waals surface area contributed by atoms with E-state index in [-0.39, 0.29) is 22.5 Å². The van der Waals surface area contributed by atoms with Gasteiger partial charge in [-0.2, -0.15) is 0 Å². The molecule has 0 spiro atoms. The van der Waals surface area contributed by atoms with Gasteiger partial charge in [0.1, 0.15) is 5.75 Å². The third-order valence-corrected chi connectivity index (χ3v) is 7.81. The Morgan fingerprint density at radius 3 is 2.68 bits per heavy atom. The Bertz CT molecular complexity index is 1110. The molecule has 0 aliphatic carbocycles. The summed E-state index contributed by atoms with van der Waals surface area (Å²) in [6.07, 6.45) is 0.234. The number of nitrogens with zero attached hydrogens (tertiary/aromatic N) is 3. The number of ether oxygens (including phenoxy) is 1. The number of carbonyl (C=O) groups excluding carboxylic acids is 1. The van der Waals surface area contributed by atoms with Crippen LogP contribution in [-0.2, 0) is 21.2 Å². The average molecular weight is 462 g/mol. The van der Waals surface area contributed by atoms with Gasteiger partial charge in [0, 0.05) is 25.9 Å². The molecule has 2 aromatic rings. The molecule has 1 amide bonds. The van der Waals surface area contributed by atoms with Crippen molar-refractivity contribution in [1.29, 1.82) is 0 Å². The molecular formula is C22H27N3O4S2. The van der Waals surface area contributed by atoms with E-state index in [2.05, 4.69) is 4.99 Å². The Hall–Kier alpha value is -2.36. The molecule has 166 valence electrons. The lowest BCUT2D eigenvalue weighted by Crippen LogP contribution is -2.33. The molecule has 9 heteroatoms. The highest BCUT2D eigenvalue weighted by atomic mass is 32.2. The number of amides is 1. The van der Waals surface area contributed by atoms with E-state index in [1.165, 1.54) is 38.0 Å². The van der Waals surface area contributed by atoms with Crippen molar-refractivity contribution in [2.45, 2.75) is 30.4 Å². The molecule has 31 heavy (non-hydrogen) atoms. The Morgan fingerprint density at radius 1 is 1.26 bits per heavy atom. The third kappa shape index (κ3) is 5.28. The predicted octanol–water partition coefficient (Wildman–Crippen LogP) is 3.45. The van der Waals surface area contributed by atoms with E-state index in [9.17, 15) is 13.2 Å². The monoisotopic (exact) mass is 461 g/mol. The van der Waals surface area contributed by atoms with Crippen LogP contribution in [0.3, 0.4) is 0 Å². The van der Waals surface area contributed by atoms with E-state index >= 15 is 0 Å². The topological polar surface area (TPSA) is 79.3 Å². The lowest BCUT2D eigenvalue weighted by molar-refractivity contribution is -0.126. The van der Waals surface area contributed by atoms with Crippen LogP contribution in [0.4, 0.5) is 5.69 Å². The molecule has 0 radical (unpaired) electrons. The summed E-state index contributed by atoms with van der Waals surface area (Å²) in [7, 11) is 1.03. The van der Waals surface area contributed by atoms with Crippen molar-refractivity contribution in [3.63, 3.8) is 0 Å². The second-order valence-electron chi connectivity index (χ2n) is 7.59. The number of hydrogen-bond acceptors (Lipinski definition) is 6. The number of benzene rings is 2. The van der Waals surface area contributed by atoms with Gasteiger partial charge >= 0.3 is 0 Å². The number of methoxy groups -OCH3 is 1. The third-order valence-electron chi connectivity index (χ3n) is 4.93. The van der Waals surface area contributed by atoms with Crippen LogP contribution in [0.2, 0.25) is 0 Å². The first kappa shape index (κ1) is 23.3. The minimum Gasteiger partial charge on any atom is -0.496 e. The molecule has 1 fully saturated rings. The molecule has 0 saturated carbocycles. The molecule has 1 saturated heterocycles. The normalized spacial score (nSPS) is 18.1. The van der Waals surface area contributed by atoms with Crippen LogP contribution in [0.15, 0.2) is 52.4 Å². The summed E-state index contributed by atoms with van der Waals surface area (Å²) in [5.74, 6) is 0.695. The highest BCUT2D eigenvalue weighted by Crippen LogP contribution is 2.30. The van der Waals surface area contributed by atoms with Gasteiger partial charge in [0.15, 0.2) is 5.17 Å². The van der Waals surface area contributed by atoms with Gasteiger partial charge in [-0.25, -0.2) is 17.7 Å². The molecule has 1 aliphatic rings. The standard InChI is InChI=1S/C22H27N3O4S2/c1-15-9-10-17(11-20(15)29-5)12-21(26)25-14-16(2)30-22(25)23-18-7-6-8-19(13-18)31(27,28)24(3)4/h6-11,13,16H,12,14H2,1-5H3. The zero-order chi connectivity index (χ0) is 22.8. The molecule has 7 nitrogen and oxygen atoms in total. The van der Waals surface area contributed by atoms with E-state index in [1.807, 2.05) is 32.0 Å². The smallest absolute Gasteiger partial charge is 0.242 e. The lowest BCUT2D eigenvalue weighted by atomic mass is 10.1. The van der Waals surface area contributed by atoms with Crippen LogP contribution in [-0.4, -0.2) is 61.7 Å². The second-order valence-corrected chi connectivity index (χ2v) is 11.2. The summed E-state index contributed by atoms with van der Waals surface area (Å²) in [5, 5.41) is 0.778. The van der Waals surface area contributed by atoms with Crippen LogP contribution >= 0.6 is 11.8 Å². The van der Waals surface area contributed by atoms with Crippen molar-refractivity contribution in [3.8, 4) is 5.75 Å². The van der Waals surface area contributed by atoms with Crippen molar-refractivity contribution in [1.82, 2.24) is 9.21 Å². The van der Waals surface area contributed by atoms with E-state index in [4.69, 9.17) is 4.74 Å². The van der Waals surface area contributed by atoms with Gasteiger partial charge in [0.2, 0.25) is 15.9 Å². The molecule has 1 heterocycles. The predicted molar refractivity (Wildman–Crippen MR) is 125 cm³/mol. The first-order valence-corrected chi connectivity index (χ1v) is 12.2. The van der Waals surface area contributed by atoms with Crippen molar-refractivity contribution >= 4 is 38.5 Å². The Morgan fingerprint density at radius 2 is 2.00 bits per heavy atom. The molecule has 0 bridgehead atoms. The number of aryl methyl sites for hydroxylation is 1. The fourth-order valence-electron chi connectivity index (χ4n) is 3.19. The first-order valence-electron chi connectivity index (χ1n) is 9.83. The maximum atomic E-state index is 13.0. The summed E-state index contributed by atoms with van der Waals surface area (Å²) in [6.45, 7) is 4.55. The van der Waals surface area contributed by atoms with Crippen molar-refractivity contribution in [3.05, 3.63) is 53.6 Å². The van der Waals surface area contributed by atoms with E-state index in [1.54, 1.807) is 24.1 Å². The zero-order valence-corrected chi connectivity index (χ0v) is 20.0. The molecule has 2 aromatic carbocycles. The number of thioether (sulfide) groups is 1. The van der Waals surface area contributed by atoms with E-state index in [0.29, 0.717) is 17.4 Å². The molecule has 1 atom stereocenters. The molecule has 3 rings (SSSR count). The van der Waals surface area contributed by atoms with Crippen LogP contribution < -0.4 is 4.74 Å². The maximum Gasteiger partial charge on any atom is 0.242 e. The maximum absolute atomic E-state index is 13.0. The average Bonchev–Trinajstić information content (AvgIpc) is 3.09. The fraction of sp³-hybridized carbons (Fsp3) is 0.364. The van der Waals surface area contributed by atoms with Crippen molar-refractivity contribution in [2.75, 3.05) is 27.7 Å². The highest BCUT2D eigenvalue weighted by Gasteiger charge is 2.31. The van der Waals surface area contributed by atoms with Gasteiger partial charge in [0.05, 0.1) is 24.1 Å². The van der Waals surface area contributed by atoms with E-state index < -0.39 is 10.0 Å². The SMILES string of the molecule is COc1cc(CC(=O)N2CC(C)SC2=Nc2cccc(S(=O)(=O)N(C)C)c2)ccc1C. The number of amidine groups is 1. The van der Waals surface area contributed by atoms with Crippen molar-refractivity contribution < 1.29 is 17.9 Å². The van der Waals surface area contributed by atoms with Gasteiger partial charge in [-0.15, -0.1) is 0 Å². The van der Waals surface area contributed by atoms with Gasteiger partial charge in [0.25, 0.3) is 0 Å². The largest absolute Gasteiger partial charge is 0.496 e. The van der Waals surface area contributed by atoms with Gasteiger partial charge in [-0.3, -0.25) is 9.69 Å². The zero-order valence-electron chi connectivity index (χ0n) is 18.3. The minimum absolute atomic E-state index is 0.0569. The number of aliphatic imine (C=N–C) groups is 1. The van der Waals surface area contributed by atoms with Gasteiger partial charge in [-0.05, 0) is 42.3 Å². The minimum atomic E-state index is -3.56. The van der Waals surface area contributed by atoms with Crippen LogP contribution in [0, 0.1) is 6.92 Å². The molecular weight excluding hydrogens is 434 g/mol. The van der Waals surface area contributed by atoms with Gasteiger partial charge in [-0.1, -0.05) is 36.9 Å². The summed E-state index contributed by atoms with van der Waals surface area (Å²) in [5.41, 5.74) is 2.38. The van der Waals surface area contributed by atoms with Crippen molar-refractivity contribution in [2.24, 2.45) is 4.99 Å². The first-order chi connectivity index (χ1) is 14.6. The summed E-state index contributed by atoms with van der Waals surface area (Å²) < 4.78 is 31.4. The highest BCUT2D eigenvalue weighted by molar-refractivity contribution is 8.14. The van der Waals surface area contributed by atoms with Crippen LogP contribution in [0.25, 0.3) is 0 Å². The molecule has 0 aromatic heterocycles. The Balaban J connectivity index is 1.86. The lowest BCUT2D eigenvalue weighted by Gasteiger charge is -2.17. The number of hydrogen-bond donors (Lipinski definition) is 0. The number of rotatable bonds is 6. The Kier molecular flexibility index (Phi) is 7.08.